The second kappa shape index (κ2) is 9.02. The lowest BCUT2D eigenvalue weighted by atomic mass is 9.77. The van der Waals surface area contributed by atoms with Gasteiger partial charge in [-0.25, -0.2) is 4.98 Å². The number of nitrogens with two attached hydrogens (primary N) is 1. The maximum absolute atomic E-state index is 12.9. The van der Waals surface area contributed by atoms with E-state index in [2.05, 4.69) is 29.4 Å². The van der Waals surface area contributed by atoms with Crippen LogP contribution in [0.25, 0.3) is 10.2 Å². The van der Waals surface area contributed by atoms with Crippen molar-refractivity contribution in [2.75, 3.05) is 6.54 Å². The Balaban J connectivity index is 1.38. The van der Waals surface area contributed by atoms with Crippen molar-refractivity contribution in [1.29, 1.82) is 0 Å². The van der Waals surface area contributed by atoms with Gasteiger partial charge in [0.05, 0.1) is 10.3 Å². The summed E-state index contributed by atoms with van der Waals surface area (Å²) in [6, 6.07) is 12.1. The lowest BCUT2D eigenvalue weighted by molar-refractivity contribution is -0.125. The molecule has 1 aliphatic rings. The maximum atomic E-state index is 12.9. The minimum Gasteiger partial charge on any atom is -0.365 e. The van der Waals surface area contributed by atoms with E-state index in [1.54, 1.807) is 6.20 Å². The second-order valence-corrected chi connectivity index (χ2v) is 10.5. The zero-order valence-corrected chi connectivity index (χ0v) is 19.8. The summed E-state index contributed by atoms with van der Waals surface area (Å²) in [5.74, 6) is 0.459. The Kier molecular flexibility index (Phi) is 6.33. The summed E-state index contributed by atoms with van der Waals surface area (Å²) in [6.07, 6.45) is 5.77. The van der Waals surface area contributed by atoms with Gasteiger partial charge in [-0.3, -0.25) is 9.59 Å². The monoisotopic (exact) mass is 449 g/mol. The molecule has 1 aliphatic carbocycles. The van der Waals surface area contributed by atoms with Crippen LogP contribution in [-0.4, -0.2) is 23.3 Å². The Morgan fingerprint density at radius 1 is 1.12 bits per heavy atom. The number of carbonyl (C=O) groups excluding carboxylic acids is 2. The fourth-order valence-electron chi connectivity index (χ4n) is 4.75. The van der Waals surface area contributed by atoms with Crippen LogP contribution in [0.5, 0.6) is 0 Å². The molecule has 0 atom stereocenters. The molecule has 0 unspecified atom stereocenters. The highest BCUT2D eigenvalue weighted by Crippen LogP contribution is 2.43. The second-order valence-electron chi connectivity index (χ2n) is 9.48. The van der Waals surface area contributed by atoms with Crippen LogP contribution < -0.4 is 11.1 Å². The van der Waals surface area contributed by atoms with Crippen LogP contribution in [0.1, 0.15) is 71.8 Å². The van der Waals surface area contributed by atoms with Gasteiger partial charge in [0, 0.05) is 18.1 Å². The molecule has 2 aromatic heterocycles. The van der Waals surface area contributed by atoms with Crippen molar-refractivity contribution in [2.24, 2.45) is 11.7 Å². The fourth-order valence-corrected chi connectivity index (χ4v) is 5.84. The number of thiophene rings is 1. The number of pyridine rings is 1. The van der Waals surface area contributed by atoms with Crippen molar-refractivity contribution in [3.05, 3.63) is 64.2 Å². The van der Waals surface area contributed by atoms with Gasteiger partial charge < -0.3 is 11.1 Å². The SMILES string of the molecule is Cc1ccc(C(C)(C)C(=O)NCC2CCC(c3c(C(N)=O)sc4ncccc34)CC2)cc1. The van der Waals surface area contributed by atoms with Crippen molar-refractivity contribution in [3.8, 4) is 0 Å². The zero-order chi connectivity index (χ0) is 22.9. The van der Waals surface area contributed by atoms with E-state index in [9.17, 15) is 9.59 Å². The van der Waals surface area contributed by atoms with Crippen molar-refractivity contribution in [1.82, 2.24) is 10.3 Å². The van der Waals surface area contributed by atoms with Crippen LogP contribution in [0.2, 0.25) is 0 Å². The van der Waals surface area contributed by atoms with E-state index in [1.165, 1.54) is 16.9 Å². The number of amides is 2. The van der Waals surface area contributed by atoms with Crippen LogP contribution in [0.4, 0.5) is 0 Å². The number of primary amides is 1. The Morgan fingerprint density at radius 3 is 2.47 bits per heavy atom. The Bertz CT molecular complexity index is 1130. The van der Waals surface area contributed by atoms with E-state index in [4.69, 9.17) is 5.73 Å². The van der Waals surface area contributed by atoms with Gasteiger partial charge in [0.1, 0.15) is 4.83 Å². The van der Waals surface area contributed by atoms with Crippen molar-refractivity contribution < 1.29 is 9.59 Å². The summed E-state index contributed by atoms with van der Waals surface area (Å²) >= 11 is 1.40. The van der Waals surface area contributed by atoms with Crippen LogP contribution >= 0.6 is 11.3 Å². The predicted octanol–water partition coefficient (Wildman–Crippen LogP) is 5.07. The largest absolute Gasteiger partial charge is 0.365 e. The molecular weight excluding hydrogens is 418 g/mol. The first kappa shape index (κ1) is 22.5. The molecule has 1 fully saturated rings. The molecule has 0 bridgehead atoms. The zero-order valence-electron chi connectivity index (χ0n) is 19.0. The minimum atomic E-state index is -0.566. The third kappa shape index (κ3) is 4.42. The fraction of sp³-hybridized carbons (Fsp3) is 0.423. The predicted molar refractivity (Wildman–Crippen MR) is 130 cm³/mol. The minimum absolute atomic E-state index is 0.0643. The number of nitrogens with zero attached hydrogens (tertiary/aromatic N) is 1. The lowest BCUT2D eigenvalue weighted by Gasteiger charge is -2.31. The Labute approximate surface area is 193 Å². The summed E-state index contributed by atoms with van der Waals surface area (Å²) in [7, 11) is 0. The quantitative estimate of drug-likeness (QED) is 0.551. The number of hydrogen-bond acceptors (Lipinski definition) is 4. The molecule has 2 heterocycles. The summed E-state index contributed by atoms with van der Waals surface area (Å²) in [6.45, 7) is 6.69. The number of rotatable bonds is 6. The summed E-state index contributed by atoms with van der Waals surface area (Å²) < 4.78 is 0. The first-order valence-corrected chi connectivity index (χ1v) is 12.1. The highest BCUT2D eigenvalue weighted by molar-refractivity contribution is 7.20. The standard InChI is InChI=1S/C26H31N3O2S/c1-16-6-12-19(13-7-16)26(2,3)25(31)29-15-17-8-10-18(11-9-17)21-20-5-4-14-28-24(20)32-22(21)23(27)30/h4-7,12-14,17-18H,8-11,15H2,1-3H3,(H2,27,30)(H,29,31). The Morgan fingerprint density at radius 2 is 1.81 bits per heavy atom. The van der Waals surface area contributed by atoms with Gasteiger partial charge in [0.2, 0.25) is 5.91 Å². The Hall–Kier alpha value is -2.73. The molecule has 0 aliphatic heterocycles. The molecule has 0 radical (unpaired) electrons. The molecule has 6 heteroatoms. The van der Waals surface area contributed by atoms with E-state index < -0.39 is 5.41 Å². The summed E-state index contributed by atoms with van der Waals surface area (Å²) in [5.41, 5.74) is 8.42. The molecule has 3 aromatic rings. The molecule has 4 rings (SSSR count). The molecule has 1 aromatic carbocycles. The van der Waals surface area contributed by atoms with Crippen LogP contribution in [0, 0.1) is 12.8 Å². The van der Waals surface area contributed by atoms with Crippen LogP contribution in [-0.2, 0) is 10.2 Å². The molecule has 168 valence electrons. The van der Waals surface area contributed by atoms with Gasteiger partial charge in [-0.15, -0.1) is 11.3 Å². The topological polar surface area (TPSA) is 85.1 Å². The average molecular weight is 450 g/mol. The first-order valence-electron chi connectivity index (χ1n) is 11.3. The van der Waals surface area contributed by atoms with Crippen LogP contribution in [0.15, 0.2) is 42.6 Å². The van der Waals surface area contributed by atoms with Crippen molar-refractivity contribution >= 4 is 33.4 Å². The third-order valence-electron chi connectivity index (χ3n) is 6.88. The van der Waals surface area contributed by atoms with Gasteiger partial charge >= 0.3 is 0 Å². The molecule has 32 heavy (non-hydrogen) atoms. The molecule has 0 saturated heterocycles. The maximum Gasteiger partial charge on any atom is 0.259 e. The van der Waals surface area contributed by atoms with Gasteiger partial charge in [-0.2, -0.15) is 0 Å². The molecule has 3 N–H and O–H groups in total. The number of aryl methyl sites for hydroxylation is 1. The van der Waals surface area contributed by atoms with E-state index in [-0.39, 0.29) is 11.8 Å². The molecule has 0 spiro atoms. The van der Waals surface area contributed by atoms with Crippen LogP contribution in [0.3, 0.4) is 0 Å². The van der Waals surface area contributed by atoms with E-state index in [0.717, 1.165) is 47.0 Å². The van der Waals surface area contributed by atoms with Gasteiger partial charge in [0.25, 0.3) is 5.91 Å². The highest BCUT2D eigenvalue weighted by Gasteiger charge is 2.32. The van der Waals surface area contributed by atoms with Crippen molar-refractivity contribution in [2.45, 2.75) is 57.8 Å². The van der Waals surface area contributed by atoms with Gasteiger partial charge in [0.15, 0.2) is 0 Å². The average Bonchev–Trinajstić information content (AvgIpc) is 3.18. The molecule has 1 saturated carbocycles. The molecular formula is C26H31N3O2S. The number of benzene rings is 1. The number of nitrogens with one attached hydrogen (secondary N) is 1. The summed E-state index contributed by atoms with van der Waals surface area (Å²) in [4.78, 5) is 31.0. The smallest absolute Gasteiger partial charge is 0.259 e. The molecule has 5 nitrogen and oxygen atoms in total. The highest BCUT2D eigenvalue weighted by atomic mass is 32.1. The van der Waals surface area contributed by atoms with Gasteiger partial charge in [-0.1, -0.05) is 35.9 Å². The van der Waals surface area contributed by atoms with Crippen molar-refractivity contribution in [3.63, 3.8) is 0 Å². The van der Waals surface area contributed by atoms with E-state index in [1.807, 2.05) is 38.1 Å². The van der Waals surface area contributed by atoms with E-state index in [0.29, 0.717) is 23.3 Å². The number of carbonyl (C=O) groups is 2. The normalized spacial score (nSPS) is 19.1. The van der Waals surface area contributed by atoms with E-state index >= 15 is 0 Å². The number of fused-ring (bicyclic) bond motifs is 1. The molecule has 2 amide bonds. The lowest BCUT2D eigenvalue weighted by Crippen LogP contribution is -2.42. The first-order chi connectivity index (χ1) is 15.3. The number of hydrogen-bond donors (Lipinski definition) is 2. The summed E-state index contributed by atoms with van der Waals surface area (Å²) in [5, 5.41) is 4.25. The van der Waals surface area contributed by atoms with Gasteiger partial charge in [-0.05, 0) is 75.5 Å². The number of aromatic nitrogens is 1. The third-order valence-corrected chi connectivity index (χ3v) is 8.02.